The molecule has 0 bridgehead atoms. The van der Waals surface area contributed by atoms with Crippen LogP contribution in [-0.2, 0) is 14.2 Å². The molecule has 0 radical (unpaired) electrons. The molecule has 0 aromatic carbocycles. The molecule has 0 amide bonds. The van der Waals surface area contributed by atoms with E-state index in [1.807, 2.05) is 0 Å². The van der Waals surface area contributed by atoms with Crippen LogP contribution in [0.3, 0.4) is 0 Å². The minimum atomic E-state index is -0.790. The fourth-order valence-corrected chi connectivity index (χ4v) is 1.46. The van der Waals surface area contributed by atoms with Crippen LogP contribution in [0, 0.1) is 0 Å². The molecular formula is C14H30O7. The summed E-state index contributed by atoms with van der Waals surface area (Å²) in [6.45, 7) is 2.26. The topological polar surface area (TPSA) is 109 Å². The lowest BCUT2D eigenvalue weighted by Crippen LogP contribution is -2.19. The lowest BCUT2D eigenvalue weighted by atomic mass is 10.3. The summed E-state index contributed by atoms with van der Waals surface area (Å²) in [4.78, 5) is 0. The Labute approximate surface area is 126 Å². The number of aliphatic hydroxyl groups is 4. The van der Waals surface area contributed by atoms with E-state index in [4.69, 9.17) is 34.6 Å². The summed E-state index contributed by atoms with van der Waals surface area (Å²) in [7, 11) is 0. The van der Waals surface area contributed by atoms with Crippen molar-refractivity contribution in [3.05, 3.63) is 0 Å². The number of ether oxygens (including phenoxy) is 3. The first-order valence-corrected chi connectivity index (χ1v) is 7.51. The summed E-state index contributed by atoms with van der Waals surface area (Å²) >= 11 is 0. The molecule has 0 aliphatic carbocycles. The minimum absolute atomic E-state index is 0.169. The zero-order valence-electron chi connectivity index (χ0n) is 12.7. The van der Waals surface area contributed by atoms with E-state index in [0.29, 0.717) is 26.4 Å². The second-order valence-corrected chi connectivity index (χ2v) is 4.85. The van der Waals surface area contributed by atoms with Crippen LogP contribution in [-0.4, -0.2) is 85.5 Å². The highest BCUT2D eigenvalue weighted by atomic mass is 16.5. The number of hydrogen-bond acceptors (Lipinski definition) is 7. The van der Waals surface area contributed by atoms with Crippen molar-refractivity contribution in [2.24, 2.45) is 0 Å². The quantitative estimate of drug-likeness (QED) is 0.279. The Morgan fingerprint density at radius 1 is 0.571 bits per heavy atom. The molecule has 4 N–H and O–H groups in total. The number of aliphatic hydroxyl groups excluding tert-OH is 4. The fourth-order valence-electron chi connectivity index (χ4n) is 1.46. The summed E-state index contributed by atoms with van der Waals surface area (Å²) in [6.07, 6.45) is 1.94. The van der Waals surface area contributed by atoms with Gasteiger partial charge in [0.2, 0.25) is 0 Å². The Balaban J connectivity index is 3.03. The van der Waals surface area contributed by atoms with E-state index < -0.39 is 12.2 Å². The fraction of sp³-hybridized carbons (Fsp3) is 1.00. The summed E-state index contributed by atoms with van der Waals surface area (Å²) in [5.74, 6) is 0. The Morgan fingerprint density at radius 3 is 1.24 bits per heavy atom. The van der Waals surface area contributed by atoms with Gasteiger partial charge in [-0.2, -0.15) is 0 Å². The largest absolute Gasteiger partial charge is 0.394 e. The molecule has 2 atom stereocenters. The number of unbranched alkanes of at least 4 members (excludes halogenated alkanes) is 2. The summed E-state index contributed by atoms with van der Waals surface area (Å²) in [6, 6.07) is 0. The van der Waals surface area contributed by atoms with E-state index in [2.05, 4.69) is 0 Å². The van der Waals surface area contributed by atoms with Crippen molar-refractivity contribution in [2.75, 3.05) is 52.9 Å². The average molecular weight is 310 g/mol. The van der Waals surface area contributed by atoms with Gasteiger partial charge in [-0.1, -0.05) is 0 Å². The maximum atomic E-state index is 9.03. The van der Waals surface area contributed by atoms with E-state index in [0.717, 1.165) is 25.7 Å². The Kier molecular flexibility index (Phi) is 15.9. The summed E-state index contributed by atoms with van der Waals surface area (Å²) in [5, 5.41) is 35.2. The second-order valence-electron chi connectivity index (χ2n) is 4.85. The summed E-state index contributed by atoms with van der Waals surface area (Å²) < 4.78 is 15.8. The van der Waals surface area contributed by atoms with E-state index >= 15 is 0 Å². The van der Waals surface area contributed by atoms with Crippen molar-refractivity contribution in [1.82, 2.24) is 0 Å². The third-order valence-electron chi connectivity index (χ3n) is 2.70. The van der Waals surface area contributed by atoms with Crippen molar-refractivity contribution in [1.29, 1.82) is 0 Å². The molecule has 0 heterocycles. The predicted molar refractivity (Wildman–Crippen MR) is 77.1 cm³/mol. The van der Waals surface area contributed by atoms with Gasteiger partial charge in [-0.3, -0.25) is 0 Å². The highest BCUT2D eigenvalue weighted by Crippen LogP contribution is 1.96. The molecule has 128 valence electrons. The molecule has 2 unspecified atom stereocenters. The molecular weight excluding hydrogens is 280 g/mol. The Morgan fingerprint density at radius 2 is 0.905 bits per heavy atom. The van der Waals surface area contributed by atoms with Gasteiger partial charge in [0.25, 0.3) is 0 Å². The van der Waals surface area contributed by atoms with Crippen molar-refractivity contribution in [2.45, 2.75) is 37.9 Å². The van der Waals surface area contributed by atoms with Crippen LogP contribution in [0.15, 0.2) is 0 Å². The van der Waals surface area contributed by atoms with Gasteiger partial charge in [-0.05, 0) is 25.7 Å². The van der Waals surface area contributed by atoms with Crippen LogP contribution in [0.2, 0.25) is 0 Å². The maximum absolute atomic E-state index is 9.03. The molecule has 0 aromatic heterocycles. The third-order valence-corrected chi connectivity index (χ3v) is 2.70. The Hall–Kier alpha value is -0.280. The molecule has 0 aliphatic rings. The first-order valence-electron chi connectivity index (χ1n) is 7.51. The SMILES string of the molecule is OCC(O)COCCCCOCCCCOCC(O)CO. The molecule has 21 heavy (non-hydrogen) atoms. The van der Waals surface area contributed by atoms with Crippen LogP contribution in [0.1, 0.15) is 25.7 Å². The number of hydrogen-bond donors (Lipinski definition) is 4. The smallest absolute Gasteiger partial charge is 0.100 e. The average Bonchev–Trinajstić information content (AvgIpc) is 2.51. The molecule has 0 rings (SSSR count). The van der Waals surface area contributed by atoms with Gasteiger partial charge in [-0.15, -0.1) is 0 Å². The van der Waals surface area contributed by atoms with Gasteiger partial charge in [-0.25, -0.2) is 0 Å². The molecule has 0 aliphatic heterocycles. The summed E-state index contributed by atoms with van der Waals surface area (Å²) in [5.41, 5.74) is 0. The molecule has 7 nitrogen and oxygen atoms in total. The normalized spacial score (nSPS) is 14.3. The standard InChI is InChI=1S/C14H30O7/c15-9-13(17)11-20-7-3-1-5-19-6-2-4-8-21-12-14(18)10-16/h13-18H,1-12H2. The predicted octanol–water partition coefficient (Wildman–Crippen LogP) is -0.697. The first-order chi connectivity index (χ1) is 10.2. The van der Waals surface area contributed by atoms with Crippen molar-refractivity contribution < 1.29 is 34.6 Å². The lowest BCUT2D eigenvalue weighted by molar-refractivity contribution is 0.00187. The molecule has 0 saturated heterocycles. The minimum Gasteiger partial charge on any atom is -0.394 e. The van der Waals surface area contributed by atoms with E-state index in [9.17, 15) is 0 Å². The van der Waals surface area contributed by atoms with Crippen molar-refractivity contribution >= 4 is 0 Å². The third kappa shape index (κ3) is 15.9. The number of rotatable bonds is 16. The zero-order chi connectivity index (χ0) is 15.8. The van der Waals surface area contributed by atoms with Crippen molar-refractivity contribution in [3.63, 3.8) is 0 Å². The van der Waals surface area contributed by atoms with Crippen LogP contribution >= 0.6 is 0 Å². The van der Waals surface area contributed by atoms with Crippen molar-refractivity contribution in [3.8, 4) is 0 Å². The molecule has 0 aromatic rings. The van der Waals surface area contributed by atoms with Crippen LogP contribution < -0.4 is 0 Å². The lowest BCUT2D eigenvalue weighted by Gasteiger charge is -2.09. The highest BCUT2D eigenvalue weighted by molar-refractivity contribution is 4.50. The van der Waals surface area contributed by atoms with Gasteiger partial charge < -0.3 is 34.6 Å². The van der Waals surface area contributed by atoms with Crippen LogP contribution in [0.5, 0.6) is 0 Å². The maximum Gasteiger partial charge on any atom is 0.100 e. The molecule has 0 saturated carbocycles. The zero-order valence-corrected chi connectivity index (χ0v) is 12.7. The molecule has 7 heteroatoms. The Bertz CT molecular complexity index is 184. The highest BCUT2D eigenvalue weighted by Gasteiger charge is 2.01. The van der Waals surface area contributed by atoms with Crippen LogP contribution in [0.4, 0.5) is 0 Å². The van der Waals surface area contributed by atoms with Gasteiger partial charge in [0.15, 0.2) is 0 Å². The molecule has 0 spiro atoms. The van der Waals surface area contributed by atoms with E-state index in [1.54, 1.807) is 0 Å². The van der Waals surface area contributed by atoms with Gasteiger partial charge in [0.05, 0.1) is 26.4 Å². The second kappa shape index (κ2) is 16.1. The van der Waals surface area contributed by atoms with E-state index in [1.165, 1.54) is 0 Å². The monoisotopic (exact) mass is 310 g/mol. The van der Waals surface area contributed by atoms with Crippen LogP contribution in [0.25, 0.3) is 0 Å². The van der Waals surface area contributed by atoms with Gasteiger partial charge in [0, 0.05) is 26.4 Å². The van der Waals surface area contributed by atoms with E-state index in [-0.39, 0.29) is 26.4 Å². The first kappa shape index (κ1) is 20.7. The van der Waals surface area contributed by atoms with Gasteiger partial charge in [0.1, 0.15) is 12.2 Å². The molecule has 0 fully saturated rings. The van der Waals surface area contributed by atoms with Gasteiger partial charge >= 0.3 is 0 Å².